The molecule has 1 aliphatic rings. The third kappa shape index (κ3) is 7.04. The van der Waals surface area contributed by atoms with Crippen LogP contribution in [0.5, 0.6) is 0 Å². The highest BCUT2D eigenvalue weighted by molar-refractivity contribution is 7.98. The third-order valence-corrected chi connectivity index (χ3v) is 7.30. The van der Waals surface area contributed by atoms with E-state index in [1.54, 1.807) is 24.9 Å². The molecule has 8 nitrogen and oxygen atoms in total. The number of nitrogens with zero attached hydrogens (tertiary/aromatic N) is 3. The second kappa shape index (κ2) is 13.5. The minimum atomic E-state index is -0.464. The van der Waals surface area contributed by atoms with Crippen molar-refractivity contribution in [1.29, 1.82) is 5.26 Å². The molecule has 1 aromatic carbocycles. The Bertz CT molecular complexity index is 1180. The molecule has 1 amide bonds. The Kier molecular flexibility index (Phi) is 10.4. The highest BCUT2D eigenvalue weighted by Gasteiger charge is 2.17. The molecule has 3 rings (SSSR count). The van der Waals surface area contributed by atoms with Crippen molar-refractivity contribution >= 4 is 40.7 Å². The van der Waals surface area contributed by atoms with Crippen LogP contribution < -0.4 is 20.1 Å². The fourth-order valence-corrected chi connectivity index (χ4v) is 5.10. The monoisotopic (exact) mass is 502 g/mol. The number of ether oxygens (including phenoxy) is 2. The van der Waals surface area contributed by atoms with Gasteiger partial charge in [-0.1, -0.05) is 12.1 Å². The summed E-state index contributed by atoms with van der Waals surface area (Å²) >= 11 is 2.82. The van der Waals surface area contributed by atoms with Crippen LogP contribution in [0.3, 0.4) is 0 Å². The zero-order valence-electron chi connectivity index (χ0n) is 19.5. The van der Waals surface area contributed by atoms with Crippen LogP contribution in [0.4, 0.5) is 0 Å². The van der Waals surface area contributed by atoms with E-state index in [1.165, 1.54) is 15.9 Å². The molecule has 34 heavy (non-hydrogen) atoms. The molecule has 182 valence electrons. The summed E-state index contributed by atoms with van der Waals surface area (Å²) in [5.41, 5.74) is 0.637. The first-order valence-electron chi connectivity index (χ1n) is 11.1. The molecule has 1 N–H and O–H groups in total. The Morgan fingerprint density at radius 1 is 1.29 bits per heavy atom. The molecule has 0 spiro atoms. The summed E-state index contributed by atoms with van der Waals surface area (Å²) in [5, 5.41) is 12.7. The van der Waals surface area contributed by atoms with Crippen LogP contribution in [0, 0.1) is 11.3 Å². The van der Waals surface area contributed by atoms with Gasteiger partial charge in [-0.15, -0.1) is 23.1 Å². The van der Waals surface area contributed by atoms with Crippen LogP contribution in [-0.4, -0.2) is 74.7 Å². The van der Waals surface area contributed by atoms with Gasteiger partial charge in [0.1, 0.15) is 10.7 Å². The SMILES string of the molecule is COCCCn1c(=O)/c(=C/c2ccc(SC)cc2)s/c1=C(/C#N)C(=O)NCCN1CCOCC1. The first-order valence-corrected chi connectivity index (χ1v) is 13.2. The Hall–Kier alpha value is -2.42. The van der Waals surface area contributed by atoms with Gasteiger partial charge in [0, 0.05) is 51.3 Å². The second-order valence-corrected chi connectivity index (χ2v) is 9.60. The molecule has 10 heteroatoms. The predicted octanol–water partition coefficient (Wildman–Crippen LogP) is 0.620. The summed E-state index contributed by atoms with van der Waals surface area (Å²) in [4.78, 5) is 29.4. The zero-order chi connectivity index (χ0) is 24.3. The topological polar surface area (TPSA) is 96.6 Å². The number of carbonyl (C=O) groups excluding carboxylic acids is 1. The van der Waals surface area contributed by atoms with Gasteiger partial charge in [0.05, 0.1) is 17.7 Å². The zero-order valence-corrected chi connectivity index (χ0v) is 21.2. The summed E-state index contributed by atoms with van der Waals surface area (Å²) in [7, 11) is 1.60. The molecule has 0 atom stereocenters. The minimum absolute atomic E-state index is 0.0427. The van der Waals surface area contributed by atoms with Gasteiger partial charge in [-0.2, -0.15) is 5.26 Å². The number of aromatic nitrogens is 1. The van der Waals surface area contributed by atoms with Crippen LogP contribution in [0.15, 0.2) is 34.0 Å². The summed E-state index contributed by atoms with van der Waals surface area (Å²) in [6.07, 6.45) is 4.41. The van der Waals surface area contributed by atoms with Crippen molar-refractivity contribution in [3.05, 3.63) is 49.4 Å². The Morgan fingerprint density at radius 3 is 2.68 bits per heavy atom. The maximum Gasteiger partial charge on any atom is 0.269 e. The molecule has 1 fully saturated rings. The molecule has 1 aromatic heterocycles. The maximum atomic E-state index is 13.2. The van der Waals surface area contributed by atoms with Crippen LogP contribution in [0.2, 0.25) is 0 Å². The Labute approximate surface area is 207 Å². The number of benzene rings is 1. The largest absolute Gasteiger partial charge is 0.385 e. The lowest BCUT2D eigenvalue weighted by molar-refractivity contribution is -0.115. The van der Waals surface area contributed by atoms with E-state index in [0.717, 1.165) is 23.5 Å². The van der Waals surface area contributed by atoms with Gasteiger partial charge in [-0.3, -0.25) is 19.1 Å². The standard InChI is InChI=1S/C24H30N4O4S2/c1-31-13-3-9-28-23(30)21(16-18-4-6-19(33-2)7-5-18)34-24(28)20(17-25)22(29)26-8-10-27-11-14-32-15-12-27/h4-7,16H,3,8-15H2,1-2H3,(H,26,29)/b21-16-,24-20-. The van der Waals surface area contributed by atoms with Gasteiger partial charge in [0.2, 0.25) is 0 Å². The number of rotatable bonds is 10. The number of hydrogen-bond acceptors (Lipinski definition) is 8. The van der Waals surface area contributed by atoms with E-state index in [9.17, 15) is 14.9 Å². The van der Waals surface area contributed by atoms with Crippen molar-refractivity contribution in [3.8, 4) is 6.07 Å². The maximum absolute atomic E-state index is 13.2. The molecule has 0 aliphatic carbocycles. The molecule has 2 aromatic rings. The van der Waals surface area contributed by atoms with Crippen molar-refractivity contribution in [3.63, 3.8) is 0 Å². The van der Waals surface area contributed by atoms with Gasteiger partial charge in [-0.05, 0) is 36.4 Å². The summed E-state index contributed by atoms with van der Waals surface area (Å²) in [6, 6.07) is 9.93. The van der Waals surface area contributed by atoms with E-state index in [4.69, 9.17) is 9.47 Å². The van der Waals surface area contributed by atoms with Gasteiger partial charge < -0.3 is 14.8 Å². The van der Waals surface area contributed by atoms with E-state index in [-0.39, 0.29) is 11.1 Å². The van der Waals surface area contributed by atoms with E-state index >= 15 is 0 Å². The predicted molar refractivity (Wildman–Crippen MR) is 135 cm³/mol. The van der Waals surface area contributed by atoms with E-state index in [2.05, 4.69) is 10.2 Å². The van der Waals surface area contributed by atoms with E-state index < -0.39 is 5.91 Å². The fourth-order valence-electron chi connectivity index (χ4n) is 3.56. The van der Waals surface area contributed by atoms with Crippen LogP contribution in [0.25, 0.3) is 11.6 Å². The van der Waals surface area contributed by atoms with Crippen molar-refractivity contribution in [2.75, 3.05) is 59.4 Å². The third-order valence-electron chi connectivity index (χ3n) is 5.42. The summed E-state index contributed by atoms with van der Waals surface area (Å²) in [6.45, 7) is 4.97. The number of nitriles is 1. The highest BCUT2D eigenvalue weighted by atomic mass is 32.2. The first kappa shape index (κ1) is 26.2. The number of amides is 1. The molecule has 2 heterocycles. The first-order chi connectivity index (χ1) is 16.6. The molecule has 0 saturated carbocycles. The summed E-state index contributed by atoms with van der Waals surface area (Å²) < 4.78 is 12.8. The van der Waals surface area contributed by atoms with Crippen LogP contribution in [-0.2, 0) is 20.8 Å². The average molecular weight is 503 g/mol. The van der Waals surface area contributed by atoms with Crippen molar-refractivity contribution in [2.45, 2.75) is 17.9 Å². The normalized spacial score (nSPS) is 15.7. The van der Waals surface area contributed by atoms with Crippen LogP contribution >= 0.6 is 23.1 Å². The average Bonchev–Trinajstić information content (AvgIpc) is 3.15. The van der Waals surface area contributed by atoms with Crippen molar-refractivity contribution in [1.82, 2.24) is 14.8 Å². The quantitative estimate of drug-likeness (QED) is 0.376. The van der Waals surface area contributed by atoms with E-state index in [1.807, 2.05) is 36.6 Å². The van der Waals surface area contributed by atoms with E-state index in [0.29, 0.717) is 55.1 Å². The molecule has 0 unspecified atom stereocenters. The number of thiazole rings is 1. The fraction of sp³-hybridized carbons (Fsp3) is 0.458. The summed E-state index contributed by atoms with van der Waals surface area (Å²) in [5.74, 6) is -0.464. The molecular formula is C24H30N4O4S2. The van der Waals surface area contributed by atoms with Gasteiger partial charge in [0.25, 0.3) is 11.5 Å². The number of hydrogen-bond donors (Lipinski definition) is 1. The molecule has 1 saturated heterocycles. The lowest BCUT2D eigenvalue weighted by atomic mass is 10.2. The Morgan fingerprint density at radius 2 is 2.03 bits per heavy atom. The minimum Gasteiger partial charge on any atom is -0.385 e. The number of nitrogens with one attached hydrogen (secondary N) is 1. The lowest BCUT2D eigenvalue weighted by Gasteiger charge is -2.26. The second-order valence-electron chi connectivity index (χ2n) is 7.69. The van der Waals surface area contributed by atoms with Crippen molar-refractivity contribution in [2.24, 2.45) is 0 Å². The van der Waals surface area contributed by atoms with Gasteiger partial charge in [0.15, 0.2) is 5.57 Å². The highest BCUT2D eigenvalue weighted by Crippen LogP contribution is 2.15. The molecular weight excluding hydrogens is 472 g/mol. The van der Waals surface area contributed by atoms with Gasteiger partial charge >= 0.3 is 0 Å². The number of carbonyl (C=O) groups is 1. The van der Waals surface area contributed by atoms with Crippen molar-refractivity contribution < 1.29 is 14.3 Å². The number of morpholine rings is 1. The smallest absolute Gasteiger partial charge is 0.269 e. The number of methoxy groups -OCH3 is 1. The van der Waals surface area contributed by atoms with Gasteiger partial charge in [-0.25, -0.2) is 0 Å². The van der Waals surface area contributed by atoms with Crippen LogP contribution in [0.1, 0.15) is 12.0 Å². The number of thioether (sulfide) groups is 1. The molecule has 1 aliphatic heterocycles. The lowest BCUT2D eigenvalue weighted by Crippen LogP contribution is -2.42. The Balaban J connectivity index is 1.92. The molecule has 0 bridgehead atoms. The molecule has 0 radical (unpaired) electrons.